The van der Waals surface area contributed by atoms with E-state index < -0.39 is 6.16 Å². The number of hydrogen-bond donors (Lipinski definition) is 0. The third-order valence-corrected chi connectivity index (χ3v) is 4.28. The van der Waals surface area contributed by atoms with Crippen LogP contribution in [-0.4, -0.2) is 19.4 Å². The Bertz CT molecular complexity index is 749. The van der Waals surface area contributed by atoms with Gasteiger partial charge < -0.3 is 9.47 Å². The van der Waals surface area contributed by atoms with Crippen LogP contribution in [0.1, 0.15) is 33.4 Å². The van der Waals surface area contributed by atoms with E-state index in [1.165, 1.54) is 22.3 Å². The maximum Gasteiger partial charge on any atom is 0.508 e. The lowest BCUT2D eigenvalue weighted by Crippen LogP contribution is -2.07. The molecule has 0 fully saturated rings. The smallest absolute Gasteiger partial charge is 0.430 e. The Hall–Kier alpha value is -2.81. The summed E-state index contributed by atoms with van der Waals surface area (Å²) in [6.45, 7) is 8.68. The molecule has 2 aromatic carbocycles. The minimum Gasteiger partial charge on any atom is -0.430 e. The van der Waals surface area contributed by atoms with Gasteiger partial charge in [-0.2, -0.15) is 0 Å². The molecular formula is C23H26O3. The Morgan fingerprint density at radius 2 is 1.15 bits per heavy atom. The summed E-state index contributed by atoms with van der Waals surface area (Å²) in [4.78, 5) is 11.6. The van der Waals surface area contributed by atoms with Gasteiger partial charge in [0.2, 0.25) is 0 Å². The lowest BCUT2D eigenvalue weighted by molar-refractivity contribution is 0.0720. The first-order valence-electron chi connectivity index (χ1n) is 8.73. The molecule has 0 N–H and O–H groups in total. The second-order valence-electron chi connectivity index (χ2n) is 6.36. The first-order valence-corrected chi connectivity index (χ1v) is 8.73. The summed E-state index contributed by atoms with van der Waals surface area (Å²) in [6, 6.07) is 12.4. The highest BCUT2D eigenvalue weighted by Crippen LogP contribution is 2.12. The van der Waals surface area contributed by atoms with Crippen LogP contribution in [0.4, 0.5) is 4.79 Å². The van der Waals surface area contributed by atoms with Crippen LogP contribution >= 0.6 is 0 Å². The van der Waals surface area contributed by atoms with E-state index in [1.807, 2.05) is 24.3 Å². The van der Waals surface area contributed by atoms with E-state index >= 15 is 0 Å². The van der Waals surface area contributed by atoms with Gasteiger partial charge in [0.1, 0.15) is 13.2 Å². The maximum absolute atomic E-state index is 11.6. The number of rotatable bonds is 6. The number of carbonyl (C=O) groups is 1. The summed E-state index contributed by atoms with van der Waals surface area (Å²) < 4.78 is 10.0. The molecule has 136 valence electrons. The van der Waals surface area contributed by atoms with E-state index in [9.17, 15) is 4.79 Å². The molecule has 2 rings (SSSR count). The van der Waals surface area contributed by atoms with Crippen LogP contribution < -0.4 is 0 Å². The van der Waals surface area contributed by atoms with Crippen molar-refractivity contribution in [1.29, 1.82) is 0 Å². The predicted molar refractivity (Wildman–Crippen MR) is 107 cm³/mol. The highest BCUT2D eigenvalue weighted by Gasteiger charge is 2.00. The van der Waals surface area contributed by atoms with Gasteiger partial charge in [-0.1, -0.05) is 48.6 Å². The molecular weight excluding hydrogens is 324 g/mol. The van der Waals surface area contributed by atoms with Crippen molar-refractivity contribution in [3.63, 3.8) is 0 Å². The number of hydrogen-bond acceptors (Lipinski definition) is 3. The van der Waals surface area contributed by atoms with Gasteiger partial charge in [0.25, 0.3) is 0 Å². The molecule has 3 nitrogen and oxygen atoms in total. The Balaban J connectivity index is 1.70. The average Bonchev–Trinajstić information content (AvgIpc) is 2.61. The highest BCUT2D eigenvalue weighted by atomic mass is 16.7. The quantitative estimate of drug-likeness (QED) is 0.618. The van der Waals surface area contributed by atoms with Gasteiger partial charge in [-0.3, -0.25) is 0 Å². The van der Waals surface area contributed by atoms with Gasteiger partial charge >= 0.3 is 6.16 Å². The van der Waals surface area contributed by atoms with E-state index in [2.05, 4.69) is 52.0 Å². The molecule has 26 heavy (non-hydrogen) atoms. The van der Waals surface area contributed by atoms with Crippen LogP contribution in [0.25, 0.3) is 12.2 Å². The van der Waals surface area contributed by atoms with Gasteiger partial charge in [-0.25, -0.2) is 4.79 Å². The second kappa shape index (κ2) is 9.62. The lowest BCUT2D eigenvalue weighted by Gasteiger charge is -2.03. The fourth-order valence-corrected chi connectivity index (χ4v) is 2.38. The highest BCUT2D eigenvalue weighted by molar-refractivity contribution is 5.61. The van der Waals surface area contributed by atoms with Crippen LogP contribution in [0.3, 0.4) is 0 Å². The van der Waals surface area contributed by atoms with Crippen LogP contribution in [-0.2, 0) is 9.47 Å². The van der Waals surface area contributed by atoms with Crippen molar-refractivity contribution in [2.75, 3.05) is 13.2 Å². The maximum atomic E-state index is 11.6. The molecule has 2 aromatic rings. The van der Waals surface area contributed by atoms with Gasteiger partial charge in [0.15, 0.2) is 0 Å². The molecule has 0 radical (unpaired) electrons. The Labute approximate surface area is 156 Å². The van der Waals surface area contributed by atoms with Crippen molar-refractivity contribution >= 4 is 18.3 Å². The van der Waals surface area contributed by atoms with Gasteiger partial charge in [-0.05, 0) is 73.2 Å². The predicted octanol–water partition coefficient (Wildman–Crippen LogP) is 5.80. The molecule has 0 aromatic heterocycles. The topological polar surface area (TPSA) is 35.5 Å². The summed E-state index contributed by atoms with van der Waals surface area (Å²) in [6.07, 6.45) is 6.80. The van der Waals surface area contributed by atoms with Crippen molar-refractivity contribution in [2.24, 2.45) is 0 Å². The largest absolute Gasteiger partial charge is 0.508 e. The monoisotopic (exact) mass is 350 g/mol. The number of aryl methyl sites for hydroxylation is 4. The zero-order chi connectivity index (χ0) is 18.9. The third kappa shape index (κ3) is 6.25. The third-order valence-electron chi connectivity index (χ3n) is 4.28. The van der Waals surface area contributed by atoms with Gasteiger partial charge in [-0.15, -0.1) is 0 Å². The zero-order valence-electron chi connectivity index (χ0n) is 15.9. The molecule has 0 aliphatic rings. The summed E-state index contributed by atoms with van der Waals surface area (Å²) >= 11 is 0. The fraction of sp³-hybridized carbons (Fsp3) is 0.261. The van der Waals surface area contributed by atoms with Crippen LogP contribution in [0.2, 0.25) is 0 Å². The lowest BCUT2D eigenvalue weighted by atomic mass is 10.1. The van der Waals surface area contributed by atoms with Crippen LogP contribution in [0.15, 0.2) is 48.6 Å². The Kier molecular flexibility index (Phi) is 7.22. The van der Waals surface area contributed by atoms with Crippen molar-refractivity contribution in [1.82, 2.24) is 0 Å². The molecule has 0 saturated heterocycles. The number of ether oxygens (including phenoxy) is 2. The summed E-state index contributed by atoms with van der Waals surface area (Å²) in [7, 11) is 0. The molecule has 0 saturated carbocycles. The molecule has 0 unspecified atom stereocenters. The van der Waals surface area contributed by atoms with E-state index in [1.54, 1.807) is 12.2 Å². The molecule has 3 heteroatoms. The number of benzene rings is 2. The van der Waals surface area contributed by atoms with Crippen molar-refractivity contribution in [2.45, 2.75) is 27.7 Å². The van der Waals surface area contributed by atoms with Gasteiger partial charge in [0, 0.05) is 0 Å². The Morgan fingerprint density at radius 1 is 0.731 bits per heavy atom. The molecule has 0 bridgehead atoms. The Morgan fingerprint density at radius 3 is 1.54 bits per heavy atom. The summed E-state index contributed by atoms with van der Waals surface area (Å²) in [5, 5.41) is 0. The molecule has 0 aliphatic heterocycles. The first-order chi connectivity index (χ1) is 12.5. The standard InChI is InChI=1S/C23H26O3/c1-17-9-11-21(15-19(17)3)7-5-13-25-23(24)26-14-6-8-22-12-10-18(2)20(4)16-22/h5-12,15-16H,13-14H2,1-4H3. The summed E-state index contributed by atoms with van der Waals surface area (Å²) in [5.74, 6) is 0. The first kappa shape index (κ1) is 19.5. The SMILES string of the molecule is Cc1ccc(C=CCOC(=O)OCC=Cc2ccc(C)c(C)c2)cc1C. The molecule has 0 amide bonds. The van der Waals surface area contributed by atoms with E-state index in [0.29, 0.717) is 0 Å². The average molecular weight is 350 g/mol. The fourth-order valence-electron chi connectivity index (χ4n) is 2.38. The minimum absolute atomic E-state index is 0.187. The van der Waals surface area contributed by atoms with Gasteiger partial charge in [0.05, 0.1) is 0 Å². The molecule has 0 atom stereocenters. The van der Waals surface area contributed by atoms with Crippen molar-refractivity contribution < 1.29 is 14.3 Å². The van der Waals surface area contributed by atoms with E-state index in [4.69, 9.17) is 9.47 Å². The van der Waals surface area contributed by atoms with Crippen molar-refractivity contribution in [3.8, 4) is 0 Å². The zero-order valence-corrected chi connectivity index (χ0v) is 15.9. The minimum atomic E-state index is -0.667. The second-order valence-corrected chi connectivity index (χ2v) is 6.36. The van der Waals surface area contributed by atoms with Crippen LogP contribution in [0.5, 0.6) is 0 Å². The van der Waals surface area contributed by atoms with Crippen molar-refractivity contribution in [3.05, 3.63) is 81.9 Å². The van der Waals surface area contributed by atoms with E-state index in [0.717, 1.165) is 11.1 Å². The molecule has 0 heterocycles. The molecule has 0 aliphatic carbocycles. The van der Waals surface area contributed by atoms with Crippen LogP contribution in [0, 0.1) is 27.7 Å². The normalized spacial score (nSPS) is 11.2. The van der Waals surface area contributed by atoms with E-state index in [-0.39, 0.29) is 13.2 Å². The number of carbonyl (C=O) groups excluding carboxylic acids is 1. The summed E-state index contributed by atoms with van der Waals surface area (Å²) in [5.41, 5.74) is 7.17. The molecule has 0 spiro atoms.